The molecule has 6 heteroatoms. The van der Waals surface area contributed by atoms with Crippen LogP contribution in [0.15, 0.2) is 48.5 Å². The van der Waals surface area contributed by atoms with Crippen LogP contribution < -0.4 is 10.1 Å². The quantitative estimate of drug-likeness (QED) is 0.703. The number of hydrogen-bond acceptors (Lipinski definition) is 5. The zero-order chi connectivity index (χ0) is 18.7. The summed E-state index contributed by atoms with van der Waals surface area (Å²) in [6.45, 7) is 3.96. The minimum atomic E-state index is -0.440. The van der Waals surface area contributed by atoms with Crippen molar-refractivity contribution in [3.63, 3.8) is 0 Å². The lowest BCUT2D eigenvalue weighted by Gasteiger charge is -2.14. The van der Waals surface area contributed by atoms with Gasteiger partial charge in [0, 0.05) is 6.07 Å². The van der Waals surface area contributed by atoms with Gasteiger partial charge in [0.25, 0.3) is 0 Å². The van der Waals surface area contributed by atoms with Crippen LogP contribution in [0.2, 0.25) is 0 Å². The molecule has 0 atom stereocenters. The van der Waals surface area contributed by atoms with E-state index in [9.17, 15) is 4.79 Å². The van der Waals surface area contributed by atoms with E-state index in [0.717, 1.165) is 22.8 Å². The van der Waals surface area contributed by atoms with Crippen molar-refractivity contribution in [1.82, 2.24) is 9.78 Å². The first-order valence-electron chi connectivity index (χ1n) is 8.19. The molecule has 134 valence electrons. The van der Waals surface area contributed by atoms with Gasteiger partial charge in [-0.15, -0.1) is 0 Å². The average molecular weight is 351 g/mol. The lowest BCUT2D eigenvalue weighted by molar-refractivity contribution is 0.0601. The van der Waals surface area contributed by atoms with E-state index in [1.165, 1.54) is 7.11 Å². The van der Waals surface area contributed by atoms with Gasteiger partial charge in [-0.2, -0.15) is 5.10 Å². The zero-order valence-corrected chi connectivity index (χ0v) is 15.2. The molecular weight excluding hydrogens is 330 g/mol. The van der Waals surface area contributed by atoms with Crippen LogP contribution in [0.4, 0.5) is 11.5 Å². The molecule has 3 aromatic rings. The SMILES string of the molecule is COC(=O)c1cc(OC)ccc1Nc1cc(C)nn1-c1ccccc1C. The summed E-state index contributed by atoms with van der Waals surface area (Å²) < 4.78 is 11.9. The molecule has 0 aliphatic rings. The topological polar surface area (TPSA) is 65.4 Å². The minimum Gasteiger partial charge on any atom is -0.497 e. The molecule has 0 bridgehead atoms. The van der Waals surface area contributed by atoms with E-state index in [1.807, 2.05) is 48.9 Å². The minimum absolute atomic E-state index is 0.391. The Morgan fingerprint density at radius 2 is 1.85 bits per heavy atom. The molecular formula is C20H21N3O3. The number of methoxy groups -OCH3 is 2. The summed E-state index contributed by atoms with van der Waals surface area (Å²) >= 11 is 0. The Morgan fingerprint density at radius 3 is 2.54 bits per heavy atom. The van der Waals surface area contributed by atoms with Crippen LogP contribution in [-0.2, 0) is 4.74 Å². The normalized spacial score (nSPS) is 10.5. The third-order valence-electron chi connectivity index (χ3n) is 4.07. The van der Waals surface area contributed by atoms with Gasteiger partial charge < -0.3 is 14.8 Å². The Kier molecular flexibility index (Phi) is 4.93. The van der Waals surface area contributed by atoms with Gasteiger partial charge in [0.2, 0.25) is 0 Å². The summed E-state index contributed by atoms with van der Waals surface area (Å²) in [7, 11) is 2.91. The molecule has 26 heavy (non-hydrogen) atoms. The highest BCUT2D eigenvalue weighted by Gasteiger charge is 2.16. The van der Waals surface area contributed by atoms with Crippen LogP contribution in [0.5, 0.6) is 5.75 Å². The van der Waals surface area contributed by atoms with E-state index < -0.39 is 5.97 Å². The molecule has 1 N–H and O–H groups in total. The Balaban J connectivity index is 2.06. The fraction of sp³-hybridized carbons (Fsp3) is 0.200. The van der Waals surface area contributed by atoms with Crippen molar-refractivity contribution in [3.8, 4) is 11.4 Å². The maximum atomic E-state index is 12.2. The van der Waals surface area contributed by atoms with Gasteiger partial charge in [-0.3, -0.25) is 0 Å². The standard InChI is InChI=1S/C20H21N3O3/c1-13-7-5-6-8-18(13)23-19(11-14(2)22-23)21-17-10-9-15(25-3)12-16(17)20(24)26-4/h5-12,21H,1-4H3. The first-order valence-corrected chi connectivity index (χ1v) is 8.19. The molecule has 0 aliphatic heterocycles. The summed E-state index contributed by atoms with van der Waals surface area (Å²) in [4.78, 5) is 12.2. The van der Waals surface area contributed by atoms with E-state index in [1.54, 1.807) is 25.3 Å². The van der Waals surface area contributed by atoms with Gasteiger partial charge in [0.1, 0.15) is 11.6 Å². The van der Waals surface area contributed by atoms with E-state index in [4.69, 9.17) is 9.47 Å². The molecule has 0 aliphatic carbocycles. The van der Waals surface area contributed by atoms with Crippen molar-refractivity contribution in [2.45, 2.75) is 13.8 Å². The van der Waals surface area contributed by atoms with E-state index >= 15 is 0 Å². The van der Waals surface area contributed by atoms with Crippen molar-refractivity contribution < 1.29 is 14.3 Å². The second kappa shape index (κ2) is 7.31. The predicted molar refractivity (Wildman–Crippen MR) is 101 cm³/mol. The number of para-hydroxylation sites is 1. The Labute approximate surface area is 152 Å². The van der Waals surface area contributed by atoms with Gasteiger partial charge in [-0.05, 0) is 43.7 Å². The zero-order valence-electron chi connectivity index (χ0n) is 15.2. The van der Waals surface area contributed by atoms with Crippen molar-refractivity contribution in [3.05, 3.63) is 65.4 Å². The van der Waals surface area contributed by atoms with E-state index in [0.29, 0.717) is 17.0 Å². The highest BCUT2D eigenvalue weighted by atomic mass is 16.5. The second-order valence-electron chi connectivity index (χ2n) is 5.90. The number of carbonyl (C=O) groups excluding carboxylic acids is 1. The number of hydrogen-bond donors (Lipinski definition) is 1. The van der Waals surface area contributed by atoms with Crippen molar-refractivity contribution >= 4 is 17.5 Å². The van der Waals surface area contributed by atoms with Gasteiger partial charge in [0.05, 0.1) is 36.9 Å². The number of esters is 1. The molecule has 0 radical (unpaired) electrons. The Morgan fingerprint density at radius 1 is 1.08 bits per heavy atom. The van der Waals surface area contributed by atoms with Crippen LogP contribution in [0.25, 0.3) is 5.69 Å². The smallest absolute Gasteiger partial charge is 0.340 e. The van der Waals surface area contributed by atoms with Crippen LogP contribution in [0, 0.1) is 13.8 Å². The number of ether oxygens (including phenoxy) is 2. The lowest BCUT2D eigenvalue weighted by Crippen LogP contribution is -2.09. The van der Waals surface area contributed by atoms with Crippen LogP contribution in [0.3, 0.4) is 0 Å². The summed E-state index contributed by atoms with van der Waals surface area (Å²) in [6.07, 6.45) is 0. The third-order valence-corrected chi connectivity index (χ3v) is 4.07. The molecule has 1 aromatic heterocycles. The Hall–Kier alpha value is -3.28. The maximum Gasteiger partial charge on any atom is 0.340 e. The lowest BCUT2D eigenvalue weighted by atomic mass is 10.1. The van der Waals surface area contributed by atoms with Crippen molar-refractivity contribution in [2.24, 2.45) is 0 Å². The number of anilines is 2. The summed E-state index contributed by atoms with van der Waals surface area (Å²) in [5.41, 5.74) is 3.94. The molecule has 0 fully saturated rings. The number of benzene rings is 2. The average Bonchev–Trinajstić information content (AvgIpc) is 3.01. The van der Waals surface area contributed by atoms with Crippen LogP contribution >= 0.6 is 0 Å². The molecule has 0 saturated heterocycles. The molecule has 6 nitrogen and oxygen atoms in total. The second-order valence-corrected chi connectivity index (χ2v) is 5.90. The monoisotopic (exact) mass is 351 g/mol. The first kappa shape index (κ1) is 17.5. The third kappa shape index (κ3) is 3.39. The molecule has 2 aromatic carbocycles. The van der Waals surface area contributed by atoms with Crippen molar-refractivity contribution in [1.29, 1.82) is 0 Å². The van der Waals surface area contributed by atoms with Gasteiger partial charge in [-0.25, -0.2) is 9.48 Å². The highest BCUT2D eigenvalue weighted by Crippen LogP contribution is 2.28. The fourth-order valence-corrected chi connectivity index (χ4v) is 2.75. The highest BCUT2D eigenvalue weighted by molar-refractivity contribution is 5.97. The summed E-state index contributed by atoms with van der Waals surface area (Å²) in [5.74, 6) is 0.900. The number of carbonyl (C=O) groups is 1. The van der Waals surface area contributed by atoms with E-state index in [2.05, 4.69) is 10.4 Å². The molecule has 1 heterocycles. The molecule has 0 amide bonds. The molecule has 0 saturated carbocycles. The number of rotatable bonds is 5. The number of nitrogens with zero attached hydrogens (tertiary/aromatic N) is 2. The number of aryl methyl sites for hydroxylation is 2. The van der Waals surface area contributed by atoms with Crippen LogP contribution in [-0.4, -0.2) is 30.0 Å². The number of aromatic nitrogens is 2. The van der Waals surface area contributed by atoms with Crippen LogP contribution in [0.1, 0.15) is 21.6 Å². The molecule has 3 rings (SSSR count). The van der Waals surface area contributed by atoms with E-state index in [-0.39, 0.29) is 0 Å². The molecule has 0 unspecified atom stereocenters. The fourth-order valence-electron chi connectivity index (χ4n) is 2.75. The van der Waals surface area contributed by atoms with Gasteiger partial charge in [-0.1, -0.05) is 18.2 Å². The maximum absolute atomic E-state index is 12.2. The first-order chi connectivity index (χ1) is 12.5. The molecule has 0 spiro atoms. The summed E-state index contributed by atoms with van der Waals surface area (Å²) in [5, 5.41) is 7.88. The largest absolute Gasteiger partial charge is 0.497 e. The van der Waals surface area contributed by atoms with Gasteiger partial charge >= 0.3 is 5.97 Å². The number of nitrogens with one attached hydrogen (secondary N) is 1. The summed E-state index contributed by atoms with van der Waals surface area (Å²) in [6, 6.07) is 15.1. The van der Waals surface area contributed by atoms with Crippen molar-refractivity contribution in [2.75, 3.05) is 19.5 Å². The van der Waals surface area contributed by atoms with Gasteiger partial charge in [0.15, 0.2) is 0 Å². The predicted octanol–water partition coefficient (Wildman–Crippen LogP) is 4.03. The Bertz CT molecular complexity index is 947.